The van der Waals surface area contributed by atoms with Gasteiger partial charge in [-0.3, -0.25) is 4.98 Å². The molecular formula is C15H11F2N3O. The third-order valence-corrected chi connectivity index (χ3v) is 3.06. The van der Waals surface area contributed by atoms with Crippen molar-refractivity contribution in [1.29, 1.82) is 0 Å². The van der Waals surface area contributed by atoms with Gasteiger partial charge in [-0.25, -0.2) is 8.78 Å². The van der Waals surface area contributed by atoms with Crippen LogP contribution in [0.15, 0.2) is 41.2 Å². The van der Waals surface area contributed by atoms with E-state index in [1.807, 2.05) is 13.0 Å². The number of pyridine rings is 1. The summed E-state index contributed by atoms with van der Waals surface area (Å²) in [6, 6.07) is 5.07. The van der Waals surface area contributed by atoms with Crippen molar-refractivity contribution in [3.8, 4) is 22.5 Å². The predicted octanol–water partition coefficient (Wildman–Crippen LogP) is 3.57. The zero-order valence-electron chi connectivity index (χ0n) is 11.1. The van der Waals surface area contributed by atoms with E-state index in [1.54, 1.807) is 12.4 Å². The van der Waals surface area contributed by atoms with E-state index in [1.165, 1.54) is 6.07 Å². The Bertz CT molecular complexity index is 814. The highest BCUT2D eigenvalue weighted by Crippen LogP contribution is 2.37. The molecule has 0 spiro atoms. The largest absolute Gasteiger partial charge is 0.380 e. The summed E-state index contributed by atoms with van der Waals surface area (Å²) in [5.74, 6) is -1.05. The topological polar surface area (TPSA) is 64.9 Å². The molecule has 2 N–H and O–H groups in total. The summed E-state index contributed by atoms with van der Waals surface area (Å²) >= 11 is 0. The van der Waals surface area contributed by atoms with Gasteiger partial charge in [0.2, 0.25) is 0 Å². The molecule has 2 heterocycles. The van der Waals surface area contributed by atoms with E-state index in [2.05, 4.69) is 10.1 Å². The molecular weight excluding hydrogens is 276 g/mol. The maximum absolute atomic E-state index is 14.0. The SMILES string of the molecule is Cc1cncc(-c2onc(N)c2-c2ccc(F)cc2F)c1. The smallest absolute Gasteiger partial charge is 0.178 e. The van der Waals surface area contributed by atoms with Crippen molar-refractivity contribution in [3.63, 3.8) is 0 Å². The average molecular weight is 287 g/mol. The third-order valence-electron chi connectivity index (χ3n) is 3.06. The lowest BCUT2D eigenvalue weighted by atomic mass is 10.0. The zero-order valence-corrected chi connectivity index (χ0v) is 11.1. The molecule has 0 aliphatic heterocycles. The first-order valence-corrected chi connectivity index (χ1v) is 6.19. The third kappa shape index (κ3) is 2.35. The number of nitrogen functional groups attached to an aromatic ring is 1. The fourth-order valence-electron chi connectivity index (χ4n) is 2.13. The van der Waals surface area contributed by atoms with E-state index in [0.717, 1.165) is 17.7 Å². The molecule has 0 fully saturated rings. The highest BCUT2D eigenvalue weighted by Gasteiger charge is 2.21. The molecule has 0 bridgehead atoms. The van der Waals surface area contributed by atoms with Crippen molar-refractivity contribution >= 4 is 5.82 Å². The summed E-state index contributed by atoms with van der Waals surface area (Å²) in [5, 5.41) is 3.68. The summed E-state index contributed by atoms with van der Waals surface area (Å²) in [6.45, 7) is 1.87. The van der Waals surface area contributed by atoms with Crippen molar-refractivity contribution < 1.29 is 13.3 Å². The Kier molecular flexibility index (Phi) is 3.13. The predicted molar refractivity (Wildman–Crippen MR) is 74.2 cm³/mol. The Labute approximate surface area is 119 Å². The van der Waals surface area contributed by atoms with Crippen LogP contribution < -0.4 is 5.73 Å². The second-order valence-electron chi connectivity index (χ2n) is 4.65. The quantitative estimate of drug-likeness (QED) is 0.782. The Morgan fingerprint density at radius 3 is 2.67 bits per heavy atom. The number of nitrogens with two attached hydrogens (primary N) is 1. The molecule has 4 nitrogen and oxygen atoms in total. The van der Waals surface area contributed by atoms with Crippen molar-refractivity contribution in [2.45, 2.75) is 6.92 Å². The number of benzene rings is 1. The molecule has 106 valence electrons. The molecule has 0 saturated carbocycles. The minimum atomic E-state index is -0.730. The van der Waals surface area contributed by atoms with Crippen LogP contribution in [0.5, 0.6) is 0 Å². The van der Waals surface area contributed by atoms with E-state index in [9.17, 15) is 8.78 Å². The molecule has 0 amide bonds. The molecule has 0 atom stereocenters. The van der Waals surface area contributed by atoms with Crippen molar-refractivity contribution in [1.82, 2.24) is 10.1 Å². The standard InChI is InChI=1S/C15H11F2N3O/c1-8-4-9(7-19-6-8)14-13(15(18)20-21-14)11-3-2-10(16)5-12(11)17/h2-7H,1H3,(H2,18,20). The van der Waals surface area contributed by atoms with E-state index < -0.39 is 11.6 Å². The lowest BCUT2D eigenvalue weighted by molar-refractivity contribution is 0.436. The fourth-order valence-corrected chi connectivity index (χ4v) is 2.13. The van der Waals surface area contributed by atoms with Crippen molar-refractivity contribution in [2.24, 2.45) is 0 Å². The Morgan fingerprint density at radius 2 is 1.95 bits per heavy atom. The molecule has 0 aliphatic rings. The Balaban J connectivity index is 2.22. The lowest BCUT2D eigenvalue weighted by Gasteiger charge is -2.05. The van der Waals surface area contributed by atoms with E-state index in [0.29, 0.717) is 16.9 Å². The monoisotopic (exact) mass is 287 g/mol. The average Bonchev–Trinajstić information content (AvgIpc) is 2.81. The van der Waals surface area contributed by atoms with Crippen LogP contribution in [0, 0.1) is 18.6 Å². The highest BCUT2D eigenvalue weighted by molar-refractivity contribution is 5.86. The van der Waals surface area contributed by atoms with Gasteiger partial charge in [-0.1, -0.05) is 5.16 Å². The summed E-state index contributed by atoms with van der Waals surface area (Å²) in [6.07, 6.45) is 3.25. The summed E-state index contributed by atoms with van der Waals surface area (Å²) < 4.78 is 32.2. The lowest BCUT2D eigenvalue weighted by Crippen LogP contribution is -1.93. The van der Waals surface area contributed by atoms with Crippen LogP contribution in [-0.4, -0.2) is 10.1 Å². The number of hydrogen-bond donors (Lipinski definition) is 1. The van der Waals surface area contributed by atoms with Gasteiger partial charge in [0.25, 0.3) is 0 Å². The number of aromatic nitrogens is 2. The second kappa shape index (κ2) is 4.97. The minimum absolute atomic E-state index is 0.0389. The van der Waals surface area contributed by atoms with Gasteiger partial charge in [0, 0.05) is 29.6 Å². The van der Waals surface area contributed by atoms with Crippen LogP contribution in [0.4, 0.5) is 14.6 Å². The van der Waals surface area contributed by atoms with Gasteiger partial charge in [0.15, 0.2) is 11.6 Å². The second-order valence-corrected chi connectivity index (χ2v) is 4.65. The molecule has 3 rings (SSSR count). The molecule has 6 heteroatoms. The molecule has 0 saturated heterocycles. The number of halogens is 2. The van der Waals surface area contributed by atoms with Crippen LogP contribution in [-0.2, 0) is 0 Å². The van der Waals surface area contributed by atoms with E-state index >= 15 is 0 Å². The van der Waals surface area contributed by atoms with Crippen LogP contribution >= 0.6 is 0 Å². The van der Waals surface area contributed by atoms with Crippen molar-refractivity contribution in [3.05, 3.63) is 53.9 Å². The van der Waals surface area contributed by atoms with Gasteiger partial charge < -0.3 is 10.3 Å². The molecule has 2 aromatic heterocycles. The first kappa shape index (κ1) is 13.2. The molecule has 21 heavy (non-hydrogen) atoms. The molecule has 0 aliphatic carbocycles. The molecule has 3 aromatic rings. The first-order valence-electron chi connectivity index (χ1n) is 6.19. The minimum Gasteiger partial charge on any atom is -0.380 e. The normalized spacial score (nSPS) is 10.8. The number of rotatable bonds is 2. The van der Waals surface area contributed by atoms with Gasteiger partial charge >= 0.3 is 0 Å². The summed E-state index contributed by atoms with van der Waals surface area (Å²) in [5.41, 5.74) is 7.73. The number of anilines is 1. The van der Waals surface area contributed by atoms with Crippen LogP contribution in [0.1, 0.15) is 5.56 Å². The van der Waals surface area contributed by atoms with Gasteiger partial charge in [-0.05, 0) is 30.7 Å². The molecule has 0 unspecified atom stereocenters. The van der Waals surface area contributed by atoms with Gasteiger partial charge in [0.1, 0.15) is 11.6 Å². The first-order chi connectivity index (χ1) is 10.1. The zero-order chi connectivity index (χ0) is 15.0. The maximum atomic E-state index is 14.0. The maximum Gasteiger partial charge on any atom is 0.178 e. The summed E-state index contributed by atoms with van der Waals surface area (Å²) in [4.78, 5) is 4.06. The van der Waals surface area contributed by atoms with Crippen LogP contribution in [0.25, 0.3) is 22.5 Å². The van der Waals surface area contributed by atoms with Crippen LogP contribution in [0.2, 0.25) is 0 Å². The van der Waals surface area contributed by atoms with Crippen molar-refractivity contribution in [2.75, 3.05) is 5.73 Å². The van der Waals surface area contributed by atoms with Gasteiger partial charge in [0.05, 0.1) is 5.56 Å². The van der Waals surface area contributed by atoms with Gasteiger partial charge in [-0.15, -0.1) is 0 Å². The summed E-state index contributed by atoms with van der Waals surface area (Å²) in [7, 11) is 0. The Hall–Kier alpha value is -2.76. The van der Waals surface area contributed by atoms with Gasteiger partial charge in [-0.2, -0.15) is 0 Å². The number of aryl methyl sites for hydroxylation is 1. The molecule has 1 aromatic carbocycles. The highest BCUT2D eigenvalue weighted by atomic mass is 19.1. The van der Waals surface area contributed by atoms with E-state index in [4.69, 9.17) is 10.3 Å². The fraction of sp³-hybridized carbons (Fsp3) is 0.0667. The molecule has 0 radical (unpaired) electrons. The van der Waals surface area contributed by atoms with E-state index in [-0.39, 0.29) is 11.4 Å². The Morgan fingerprint density at radius 1 is 1.14 bits per heavy atom. The number of hydrogen-bond acceptors (Lipinski definition) is 4. The van der Waals surface area contributed by atoms with Crippen LogP contribution in [0.3, 0.4) is 0 Å². The number of nitrogens with zero attached hydrogens (tertiary/aromatic N) is 2.